The molecule has 6 heteroatoms. The van der Waals surface area contributed by atoms with E-state index < -0.39 is 0 Å². The normalized spacial score (nSPS) is 19.0. The minimum atomic E-state index is 0.00123. The van der Waals surface area contributed by atoms with Crippen molar-refractivity contribution < 1.29 is 9.32 Å². The van der Waals surface area contributed by atoms with E-state index in [9.17, 15) is 4.79 Å². The largest absolute Gasteiger partial charge is 0.339 e. The average molecular weight is 300 g/mol. The van der Waals surface area contributed by atoms with E-state index in [1.165, 1.54) is 0 Å². The summed E-state index contributed by atoms with van der Waals surface area (Å²) in [7, 11) is 0. The first kappa shape index (κ1) is 14.7. The maximum absolute atomic E-state index is 12.4. The summed E-state index contributed by atoms with van der Waals surface area (Å²) < 4.78 is 4.94. The van der Waals surface area contributed by atoms with E-state index in [2.05, 4.69) is 48.1 Å². The molecule has 0 saturated heterocycles. The van der Waals surface area contributed by atoms with Gasteiger partial charge in [0, 0.05) is 24.6 Å². The van der Waals surface area contributed by atoms with E-state index in [1.807, 2.05) is 6.07 Å². The lowest BCUT2D eigenvalue weighted by molar-refractivity contribution is -0.118. The van der Waals surface area contributed by atoms with E-state index in [1.54, 1.807) is 19.2 Å². The first-order chi connectivity index (χ1) is 10.2. The number of rotatable bonds is 3. The van der Waals surface area contributed by atoms with E-state index in [-0.39, 0.29) is 22.7 Å². The molecule has 1 aliphatic carbocycles. The number of hydrogen-bond donors (Lipinski definition) is 1. The summed E-state index contributed by atoms with van der Waals surface area (Å²) in [6, 6.07) is 3.57. The maximum atomic E-state index is 12.4. The molecule has 1 amide bonds. The van der Waals surface area contributed by atoms with Crippen LogP contribution in [0.4, 0.5) is 5.82 Å². The van der Waals surface area contributed by atoms with Crippen LogP contribution in [0.15, 0.2) is 22.9 Å². The molecule has 2 aromatic heterocycles. The predicted molar refractivity (Wildman–Crippen MR) is 81.9 cm³/mol. The molecule has 1 N–H and O–H groups in total. The molecular formula is C16H20N4O2. The summed E-state index contributed by atoms with van der Waals surface area (Å²) in [4.78, 5) is 20.8. The smallest absolute Gasteiger partial charge is 0.229 e. The van der Waals surface area contributed by atoms with Gasteiger partial charge in [-0.25, -0.2) is 4.98 Å². The van der Waals surface area contributed by atoms with Gasteiger partial charge in [0.1, 0.15) is 5.82 Å². The zero-order chi connectivity index (χ0) is 16.1. The van der Waals surface area contributed by atoms with Crippen LogP contribution in [-0.2, 0) is 4.79 Å². The lowest BCUT2D eigenvalue weighted by atomic mass is 10.0. The van der Waals surface area contributed by atoms with Gasteiger partial charge in [-0.1, -0.05) is 32.9 Å². The standard InChI is InChI=1S/C16H20N4O2/c1-9-18-13(20-22-9)10-6-7-11(17-8-10)19-14(21)12-15(2,3)16(12,4)5/h6-8,12H,1-5H3,(H,17,19,21). The Morgan fingerprint density at radius 3 is 2.36 bits per heavy atom. The Labute approximate surface area is 129 Å². The number of carbonyl (C=O) groups excluding carboxylic acids is 1. The predicted octanol–water partition coefficient (Wildman–Crippen LogP) is 3.06. The van der Waals surface area contributed by atoms with Crippen molar-refractivity contribution in [2.24, 2.45) is 16.7 Å². The highest BCUT2D eigenvalue weighted by Crippen LogP contribution is 2.68. The molecular weight excluding hydrogens is 280 g/mol. The lowest BCUT2D eigenvalue weighted by Gasteiger charge is -2.05. The Morgan fingerprint density at radius 1 is 1.23 bits per heavy atom. The van der Waals surface area contributed by atoms with Gasteiger partial charge in [-0.05, 0) is 23.0 Å². The van der Waals surface area contributed by atoms with Crippen LogP contribution in [0.5, 0.6) is 0 Å². The molecule has 0 unspecified atom stereocenters. The van der Waals surface area contributed by atoms with Gasteiger partial charge < -0.3 is 9.84 Å². The quantitative estimate of drug-likeness (QED) is 0.942. The van der Waals surface area contributed by atoms with Crippen LogP contribution in [-0.4, -0.2) is 21.0 Å². The number of aryl methyl sites for hydroxylation is 1. The highest BCUT2D eigenvalue weighted by Gasteiger charge is 2.68. The van der Waals surface area contributed by atoms with Crippen molar-refractivity contribution in [2.75, 3.05) is 5.32 Å². The van der Waals surface area contributed by atoms with Gasteiger partial charge in [-0.2, -0.15) is 4.98 Å². The van der Waals surface area contributed by atoms with Crippen molar-refractivity contribution in [2.45, 2.75) is 34.6 Å². The topological polar surface area (TPSA) is 80.9 Å². The number of hydrogen-bond acceptors (Lipinski definition) is 5. The van der Waals surface area contributed by atoms with Gasteiger partial charge in [0.15, 0.2) is 0 Å². The summed E-state index contributed by atoms with van der Waals surface area (Å²) in [5, 5.41) is 6.72. The number of nitrogens with one attached hydrogen (secondary N) is 1. The molecule has 3 rings (SSSR count). The van der Waals surface area contributed by atoms with Gasteiger partial charge in [0.2, 0.25) is 17.6 Å². The third kappa shape index (κ3) is 2.19. The molecule has 1 saturated carbocycles. The number of aromatic nitrogens is 3. The molecule has 1 fully saturated rings. The van der Waals surface area contributed by atoms with Gasteiger partial charge in [-0.3, -0.25) is 4.79 Å². The fourth-order valence-corrected chi connectivity index (χ4v) is 3.07. The van der Waals surface area contributed by atoms with Crippen molar-refractivity contribution in [1.29, 1.82) is 0 Å². The third-order valence-electron chi connectivity index (χ3n) is 5.08. The second-order valence-corrected chi connectivity index (χ2v) is 6.93. The van der Waals surface area contributed by atoms with E-state index in [0.717, 1.165) is 5.56 Å². The van der Waals surface area contributed by atoms with E-state index in [0.29, 0.717) is 17.5 Å². The van der Waals surface area contributed by atoms with Crippen LogP contribution in [0.3, 0.4) is 0 Å². The number of pyridine rings is 1. The molecule has 2 heterocycles. The van der Waals surface area contributed by atoms with Crippen molar-refractivity contribution in [1.82, 2.24) is 15.1 Å². The Hall–Kier alpha value is -2.24. The highest BCUT2D eigenvalue weighted by atomic mass is 16.5. The minimum absolute atomic E-state index is 0.00123. The number of anilines is 1. The van der Waals surface area contributed by atoms with Crippen molar-refractivity contribution in [3.8, 4) is 11.4 Å². The van der Waals surface area contributed by atoms with Gasteiger partial charge >= 0.3 is 0 Å². The Bertz CT molecular complexity index is 702. The summed E-state index contributed by atoms with van der Waals surface area (Å²) in [6.45, 7) is 10.2. The monoisotopic (exact) mass is 300 g/mol. The van der Waals surface area contributed by atoms with Gasteiger partial charge in [0.05, 0.1) is 0 Å². The van der Waals surface area contributed by atoms with Gasteiger partial charge in [0.25, 0.3) is 0 Å². The third-order valence-corrected chi connectivity index (χ3v) is 5.08. The summed E-state index contributed by atoms with van der Waals surface area (Å²) >= 11 is 0. The van der Waals surface area contributed by atoms with Crippen LogP contribution >= 0.6 is 0 Å². The molecule has 0 aliphatic heterocycles. The molecule has 1 aliphatic rings. The summed E-state index contributed by atoms with van der Waals surface area (Å²) in [5.74, 6) is 1.55. The first-order valence-electron chi connectivity index (χ1n) is 7.31. The second-order valence-electron chi connectivity index (χ2n) is 6.93. The molecule has 0 bridgehead atoms. The van der Waals surface area contributed by atoms with Crippen molar-refractivity contribution >= 4 is 11.7 Å². The molecule has 0 radical (unpaired) electrons. The highest BCUT2D eigenvalue weighted by molar-refractivity contribution is 5.95. The Morgan fingerprint density at radius 2 is 1.91 bits per heavy atom. The summed E-state index contributed by atoms with van der Waals surface area (Å²) in [5.41, 5.74) is 0.778. The number of amides is 1. The Balaban J connectivity index is 1.71. The average Bonchev–Trinajstić information content (AvgIpc) is 2.75. The molecule has 0 atom stereocenters. The van der Waals surface area contributed by atoms with Crippen LogP contribution in [0, 0.1) is 23.7 Å². The first-order valence-corrected chi connectivity index (χ1v) is 7.31. The lowest BCUT2D eigenvalue weighted by Crippen LogP contribution is -2.18. The molecule has 2 aromatic rings. The van der Waals surface area contributed by atoms with Crippen LogP contribution < -0.4 is 5.32 Å². The minimum Gasteiger partial charge on any atom is -0.339 e. The zero-order valence-corrected chi connectivity index (χ0v) is 13.5. The number of nitrogens with zero attached hydrogens (tertiary/aromatic N) is 3. The van der Waals surface area contributed by atoms with E-state index in [4.69, 9.17) is 4.52 Å². The second kappa shape index (κ2) is 4.63. The van der Waals surface area contributed by atoms with Crippen LogP contribution in [0.2, 0.25) is 0 Å². The van der Waals surface area contributed by atoms with E-state index >= 15 is 0 Å². The molecule has 22 heavy (non-hydrogen) atoms. The molecule has 6 nitrogen and oxygen atoms in total. The molecule has 0 aromatic carbocycles. The maximum Gasteiger partial charge on any atom is 0.229 e. The fraction of sp³-hybridized carbons (Fsp3) is 0.500. The number of carbonyl (C=O) groups is 1. The van der Waals surface area contributed by atoms with Gasteiger partial charge in [-0.15, -0.1) is 0 Å². The Kier molecular flexibility index (Phi) is 3.09. The molecule has 0 spiro atoms. The van der Waals surface area contributed by atoms with Crippen LogP contribution in [0.25, 0.3) is 11.4 Å². The zero-order valence-electron chi connectivity index (χ0n) is 13.5. The SMILES string of the molecule is Cc1nc(-c2ccc(NC(=O)C3C(C)(C)C3(C)C)nc2)no1. The molecule has 116 valence electrons. The fourth-order valence-electron chi connectivity index (χ4n) is 3.07. The van der Waals surface area contributed by atoms with Crippen molar-refractivity contribution in [3.63, 3.8) is 0 Å². The van der Waals surface area contributed by atoms with Crippen LogP contribution in [0.1, 0.15) is 33.6 Å². The summed E-state index contributed by atoms with van der Waals surface area (Å²) in [6.07, 6.45) is 1.63. The van der Waals surface area contributed by atoms with Crippen molar-refractivity contribution in [3.05, 3.63) is 24.2 Å².